The number of hydrogen-bond donors (Lipinski definition) is 2. The largest absolute Gasteiger partial charge is 0.326 e. The van der Waals surface area contributed by atoms with Crippen LogP contribution in [-0.4, -0.2) is 17.5 Å². The van der Waals surface area contributed by atoms with Crippen LogP contribution in [0.5, 0.6) is 0 Å². The van der Waals surface area contributed by atoms with Gasteiger partial charge >= 0.3 is 0 Å². The lowest BCUT2D eigenvalue weighted by Crippen LogP contribution is -2.19. The third kappa shape index (κ3) is 6.52. The van der Waals surface area contributed by atoms with Crippen molar-refractivity contribution in [1.29, 1.82) is 0 Å². The highest BCUT2D eigenvalue weighted by Gasteiger charge is 2.07. The van der Waals surface area contributed by atoms with Crippen molar-refractivity contribution in [3.05, 3.63) is 29.8 Å². The first-order valence-electron chi connectivity index (χ1n) is 7.65. The fourth-order valence-electron chi connectivity index (χ4n) is 1.92. The van der Waals surface area contributed by atoms with Gasteiger partial charge in [-0.05, 0) is 43.5 Å². The van der Waals surface area contributed by atoms with E-state index in [4.69, 9.17) is 0 Å². The predicted octanol–water partition coefficient (Wildman–Crippen LogP) is 3.58. The standard InChI is InChI=1S/C17H25N3O2/c1-5-6-13(4)19-20-17(22)14-7-9-15(10-8-14)18-16(21)11-12(2)3/h7-10,12H,5-6,11H2,1-4H3,(H,18,21)(H,20,22)/b19-13+. The molecule has 0 aliphatic heterocycles. The van der Waals surface area contributed by atoms with Crippen LogP contribution in [0.25, 0.3) is 0 Å². The van der Waals surface area contributed by atoms with Gasteiger partial charge in [-0.2, -0.15) is 5.10 Å². The highest BCUT2D eigenvalue weighted by atomic mass is 16.2. The Balaban J connectivity index is 2.59. The average molecular weight is 303 g/mol. The number of rotatable bonds is 7. The van der Waals surface area contributed by atoms with Crippen LogP contribution in [0.2, 0.25) is 0 Å². The average Bonchev–Trinajstić information content (AvgIpc) is 2.45. The third-order valence-corrected chi connectivity index (χ3v) is 2.98. The molecule has 2 N–H and O–H groups in total. The van der Waals surface area contributed by atoms with Crippen molar-refractivity contribution < 1.29 is 9.59 Å². The highest BCUT2D eigenvalue weighted by Crippen LogP contribution is 2.11. The molecule has 0 aromatic heterocycles. The van der Waals surface area contributed by atoms with Crippen LogP contribution in [-0.2, 0) is 4.79 Å². The number of hydrazone groups is 1. The van der Waals surface area contributed by atoms with Gasteiger partial charge in [0.05, 0.1) is 0 Å². The number of nitrogens with zero attached hydrogens (tertiary/aromatic N) is 1. The zero-order valence-corrected chi connectivity index (χ0v) is 13.8. The van der Waals surface area contributed by atoms with Gasteiger partial charge in [-0.3, -0.25) is 9.59 Å². The molecule has 5 heteroatoms. The predicted molar refractivity (Wildman–Crippen MR) is 90.0 cm³/mol. The van der Waals surface area contributed by atoms with E-state index >= 15 is 0 Å². The minimum absolute atomic E-state index is 0.0213. The number of hydrogen-bond acceptors (Lipinski definition) is 3. The first kappa shape index (κ1) is 17.9. The van der Waals surface area contributed by atoms with E-state index in [9.17, 15) is 9.59 Å². The molecule has 0 fully saturated rings. The molecule has 0 unspecified atom stereocenters. The molecule has 0 bridgehead atoms. The van der Waals surface area contributed by atoms with Crippen LogP contribution in [0.15, 0.2) is 29.4 Å². The van der Waals surface area contributed by atoms with Gasteiger partial charge in [-0.15, -0.1) is 0 Å². The first-order chi connectivity index (χ1) is 10.4. The van der Waals surface area contributed by atoms with Gasteiger partial charge in [-0.1, -0.05) is 27.2 Å². The van der Waals surface area contributed by atoms with E-state index in [0.29, 0.717) is 23.6 Å². The third-order valence-electron chi connectivity index (χ3n) is 2.98. The molecule has 0 aliphatic carbocycles. The van der Waals surface area contributed by atoms with Crippen LogP contribution in [0.3, 0.4) is 0 Å². The second-order valence-corrected chi connectivity index (χ2v) is 5.76. The first-order valence-corrected chi connectivity index (χ1v) is 7.65. The lowest BCUT2D eigenvalue weighted by Gasteiger charge is -2.08. The Morgan fingerprint density at radius 3 is 2.36 bits per heavy atom. The molecule has 0 spiro atoms. The smallest absolute Gasteiger partial charge is 0.271 e. The maximum absolute atomic E-state index is 11.9. The van der Waals surface area contributed by atoms with Gasteiger partial charge in [0.2, 0.25) is 5.91 Å². The minimum Gasteiger partial charge on any atom is -0.326 e. The van der Waals surface area contributed by atoms with E-state index in [0.717, 1.165) is 18.6 Å². The van der Waals surface area contributed by atoms with Crippen molar-refractivity contribution in [1.82, 2.24) is 5.43 Å². The Bertz CT molecular complexity index is 533. The Kier molecular flexibility index (Phi) is 7.29. The van der Waals surface area contributed by atoms with Crippen LogP contribution in [0.4, 0.5) is 5.69 Å². The van der Waals surface area contributed by atoms with E-state index in [-0.39, 0.29) is 11.8 Å². The second-order valence-electron chi connectivity index (χ2n) is 5.76. The molecule has 22 heavy (non-hydrogen) atoms. The molecule has 120 valence electrons. The maximum atomic E-state index is 11.9. The van der Waals surface area contributed by atoms with Crippen molar-refractivity contribution in [3.63, 3.8) is 0 Å². The zero-order chi connectivity index (χ0) is 16.5. The lowest BCUT2D eigenvalue weighted by atomic mass is 10.1. The molecule has 0 heterocycles. The summed E-state index contributed by atoms with van der Waals surface area (Å²) in [7, 11) is 0. The molecular weight excluding hydrogens is 278 g/mol. The topological polar surface area (TPSA) is 70.6 Å². The molecule has 0 saturated carbocycles. The Hall–Kier alpha value is -2.17. The van der Waals surface area contributed by atoms with Crippen molar-refractivity contribution in [2.24, 2.45) is 11.0 Å². The molecule has 0 radical (unpaired) electrons. The van der Waals surface area contributed by atoms with Crippen LogP contribution >= 0.6 is 0 Å². The summed E-state index contributed by atoms with van der Waals surface area (Å²) in [5.41, 5.74) is 4.63. The molecule has 5 nitrogen and oxygen atoms in total. The molecule has 0 atom stereocenters. The SMILES string of the molecule is CCC/C(C)=N/NC(=O)c1ccc(NC(=O)CC(C)C)cc1. The number of anilines is 1. The van der Waals surface area contributed by atoms with Gasteiger partial charge < -0.3 is 5.32 Å². The van der Waals surface area contributed by atoms with Crippen molar-refractivity contribution >= 4 is 23.2 Å². The van der Waals surface area contributed by atoms with Gasteiger partial charge in [-0.25, -0.2) is 5.43 Å². The number of carbonyl (C=O) groups excluding carboxylic acids is 2. The number of amides is 2. The Morgan fingerprint density at radius 2 is 1.82 bits per heavy atom. The van der Waals surface area contributed by atoms with Gasteiger partial charge in [0.1, 0.15) is 0 Å². The summed E-state index contributed by atoms with van der Waals surface area (Å²) in [5, 5.41) is 6.85. The van der Waals surface area contributed by atoms with Crippen molar-refractivity contribution in [2.75, 3.05) is 5.32 Å². The van der Waals surface area contributed by atoms with Crippen LogP contribution < -0.4 is 10.7 Å². The summed E-state index contributed by atoms with van der Waals surface area (Å²) in [6.45, 7) is 7.94. The summed E-state index contributed by atoms with van der Waals surface area (Å²) in [6.07, 6.45) is 2.34. The van der Waals surface area contributed by atoms with E-state index in [1.165, 1.54) is 0 Å². The zero-order valence-electron chi connectivity index (χ0n) is 13.8. The second kappa shape index (κ2) is 8.97. The van der Waals surface area contributed by atoms with Gasteiger partial charge in [0, 0.05) is 23.4 Å². The van der Waals surface area contributed by atoms with E-state index in [2.05, 4.69) is 22.8 Å². The van der Waals surface area contributed by atoms with E-state index < -0.39 is 0 Å². The minimum atomic E-state index is -0.254. The molecular formula is C17H25N3O2. The van der Waals surface area contributed by atoms with E-state index in [1.54, 1.807) is 24.3 Å². The van der Waals surface area contributed by atoms with Gasteiger partial charge in [0.25, 0.3) is 5.91 Å². The molecule has 0 saturated heterocycles. The normalized spacial score (nSPS) is 11.4. The molecule has 1 aromatic rings. The van der Waals surface area contributed by atoms with Crippen LogP contribution in [0, 0.1) is 5.92 Å². The maximum Gasteiger partial charge on any atom is 0.271 e. The summed E-state index contributed by atoms with van der Waals surface area (Å²) in [6, 6.07) is 6.78. The summed E-state index contributed by atoms with van der Waals surface area (Å²) < 4.78 is 0. The molecule has 1 aromatic carbocycles. The fourth-order valence-corrected chi connectivity index (χ4v) is 1.92. The Morgan fingerprint density at radius 1 is 1.18 bits per heavy atom. The van der Waals surface area contributed by atoms with Crippen LogP contribution in [0.1, 0.15) is 57.3 Å². The lowest BCUT2D eigenvalue weighted by molar-refractivity contribution is -0.116. The summed E-state index contributed by atoms with van der Waals surface area (Å²) in [5.74, 6) is 0.0387. The van der Waals surface area contributed by atoms with Gasteiger partial charge in [0.15, 0.2) is 0 Å². The number of carbonyl (C=O) groups is 2. The fraction of sp³-hybridized carbons (Fsp3) is 0.471. The van der Waals surface area contributed by atoms with Crippen molar-refractivity contribution in [2.45, 2.75) is 47.0 Å². The number of benzene rings is 1. The summed E-state index contributed by atoms with van der Waals surface area (Å²) in [4.78, 5) is 23.6. The number of nitrogens with one attached hydrogen (secondary N) is 2. The highest BCUT2D eigenvalue weighted by molar-refractivity contribution is 5.96. The summed E-state index contributed by atoms with van der Waals surface area (Å²) >= 11 is 0. The quantitative estimate of drug-likeness (QED) is 0.597. The van der Waals surface area contributed by atoms with E-state index in [1.807, 2.05) is 20.8 Å². The monoisotopic (exact) mass is 303 g/mol. The van der Waals surface area contributed by atoms with Crippen molar-refractivity contribution in [3.8, 4) is 0 Å². The Labute approximate surface area is 132 Å². The molecule has 2 amide bonds. The molecule has 1 rings (SSSR count). The molecule has 0 aliphatic rings.